The maximum absolute atomic E-state index is 11.2. The van der Waals surface area contributed by atoms with Crippen molar-refractivity contribution in [2.24, 2.45) is 4.99 Å². The largest absolute Gasteiger partial charge is 1.00 e. The van der Waals surface area contributed by atoms with E-state index < -0.39 is 12.0 Å². The summed E-state index contributed by atoms with van der Waals surface area (Å²) in [5.74, 6) is -1.11. The molecule has 0 aliphatic heterocycles. The predicted octanol–water partition coefficient (Wildman–Crippen LogP) is -0.505. The molecule has 2 aromatic carbocycles. The van der Waals surface area contributed by atoms with Gasteiger partial charge in [-0.05, 0) is 41.5 Å². The Bertz CT molecular complexity index is 712. The molecular weight excluding hydrogens is 353 g/mol. The van der Waals surface area contributed by atoms with Crippen molar-refractivity contribution in [2.45, 2.75) is 12.5 Å². The van der Waals surface area contributed by atoms with Crippen molar-refractivity contribution in [3.8, 4) is 5.75 Å². The second-order valence-corrected chi connectivity index (χ2v) is 5.35. The Hall–Kier alpha value is -0.954. The molecule has 0 unspecified atom stereocenters. The van der Waals surface area contributed by atoms with Crippen LogP contribution in [0.1, 0.15) is 11.1 Å². The molecule has 0 saturated heterocycles. The maximum Gasteiger partial charge on any atom is 1.00 e. The van der Waals surface area contributed by atoms with Crippen molar-refractivity contribution < 1.29 is 66.4 Å². The van der Waals surface area contributed by atoms with Gasteiger partial charge in [0.2, 0.25) is 0 Å². The Labute approximate surface area is 188 Å². The van der Waals surface area contributed by atoms with Crippen molar-refractivity contribution >= 4 is 29.9 Å². The maximum atomic E-state index is 11.2. The molecule has 0 fully saturated rings. The molecule has 4 nitrogen and oxygen atoms in total. The molecule has 0 radical (unpaired) electrons. The van der Waals surface area contributed by atoms with E-state index in [0.29, 0.717) is 5.02 Å². The summed E-state index contributed by atoms with van der Waals surface area (Å²) in [6, 6.07) is 12.6. The molecule has 24 heavy (non-hydrogen) atoms. The van der Waals surface area contributed by atoms with Crippen LogP contribution in [0.5, 0.6) is 5.75 Å². The number of nitrogens with zero attached hydrogens (tertiary/aromatic N) is 1. The summed E-state index contributed by atoms with van der Waals surface area (Å²) in [4.78, 5) is 15.2. The molecular formula is C18H15ClKNO3. The molecule has 0 aliphatic rings. The number of aliphatic imine (C=N–C) groups is 1. The number of hydrogen-bond acceptors (Lipinski definition) is 4. The Morgan fingerprint density at radius 3 is 2.38 bits per heavy atom. The van der Waals surface area contributed by atoms with Gasteiger partial charge < -0.3 is 15.0 Å². The van der Waals surface area contributed by atoms with Crippen LogP contribution in [0.3, 0.4) is 0 Å². The van der Waals surface area contributed by atoms with Crippen LogP contribution in [0.4, 0.5) is 0 Å². The van der Waals surface area contributed by atoms with Crippen LogP contribution in [0.25, 0.3) is 6.08 Å². The molecule has 0 spiro atoms. The number of phenols is 1. The van der Waals surface area contributed by atoms with Gasteiger partial charge in [-0.3, -0.25) is 4.99 Å². The third-order valence-corrected chi connectivity index (χ3v) is 3.40. The average molecular weight is 368 g/mol. The van der Waals surface area contributed by atoms with Crippen LogP contribution in [0.2, 0.25) is 5.02 Å². The molecule has 0 bridgehead atoms. The quantitative estimate of drug-likeness (QED) is 0.552. The number of benzene rings is 2. The SMILES string of the molecule is O=C([O-])[C@H](Cc1ccc(O)cc1)N=C/C=C/c1ccc(Cl)cc1.[K+]. The summed E-state index contributed by atoms with van der Waals surface area (Å²) >= 11 is 5.80. The summed E-state index contributed by atoms with van der Waals surface area (Å²) in [5.41, 5.74) is 1.69. The molecule has 0 aliphatic carbocycles. The predicted molar refractivity (Wildman–Crippen MR) is 89.6 cm³/mol. The number of hydrogen-bond donors (Lipinski definition) is 1. The van der Waals surface area contributed by atoms with Gasteiger partial charge >= 0.3 is 51.4 Å². The third-order valence-electron chi connectivity index (χ3n) is 3.15. The fourth-order valence-electron chi connectivity index (χ4n) is 1.93. The van der Waals surface area contributed by atoms with Gasteiger partial charge in [-0.25, -0.2) is 0 Å². The van der Waals surface area contributed by atoms with Crippen LogP contribution in [-0.2, 0) is 11.2 Å². The fraction of sp³-hybridized carbons (Fsp3) is 0.111. The third kappa shape index (κ3) is 7.30. The van der Waals surface area contributed by atoms with E-state index in [1.165, 1.54) is 18.3 Å². The number of rotatable bonds is 6. The number of halogens is 1. The second-order valence-electron chi connectivity index (χ2n) is 4.91. The van der Waals surface area contributed by atoms with E-state index >= 15 is 0 Å². The molecule has 6 heteroatoms. The Morgan fingerprint density at radius 2 is 1.79 bits per heavy atom. The molecule has 1 N–H and O–H groups in total. The van der Waals surface area contributed by atoms with E-state index in [1.54, 1.807) is 36.4 Å². The van der Waals surface area contributed by atoms with Crippen molar-refractivity contribution in [2.75, 3.05) is 0 Å². The van der Waals surface area contributed by atoms with Gasteiger partial charge in [0, 0.05) is 17.7 Å². The van der Waals surface area contributed by atoms with Gasteiger partial charge in [0.15, 0.2) is 0 Å². The Balaban J connectivity index is 0.00000288. The number of carbonyl (C=O) groups is 1. The first-order chi connectivity index (χ1) is 11.0. The summed E-state index contributed by atoms with van der Waals surface area (Å²) in [6.45, 7) is 0. The van der Waals surface area contributed by atoms with Crippen molar-refractivity contribution in [1.29, 1.82) is 0 Å². The van der Waals surface area contributed by atoms with Crippen LogP contribution < -0.4 is 56.5 Å². The first-order valence-electron chi connectivity index (χ1n) is 6.99. The van der Waals surface area contributed by atoms with E-state index in [-0.39, 0.29) is 63.6 Å². The van der Waals surface area contributed by atoms with Crippen LogP contribution >= 0.6 is 11.6 Å². The average Bonchev–Trinajstić information content (AvgIpc) is 2.53. The number of carboxylic acids is 1. The topological polar surface area (TPSA) is 72.7 Å². The Kier molecular flexibility index (Phi) is 9.51. The zero-order valence-electron chi connectivity index (χ0n) is 13.2. The van der Waals surface area contributed by atoms with Gasteiger partial charge in [0.05, 0.1) is 12.0 Å². The van der Waals surface area contributed by atoms with Gasteiger partial charge in [-0.2, -0.15) is 0 Å². The van der Waals surface area contributed by atoms with Gasteiger partial charge in [-0.15, -0.1) is 0 Å². The number of aliphatic carboxylic acids is 1. The zero-order valence-corrected chi connectivity index (χ0v) is 17.1. The molecule has 0 saturated carbocycles. The monoisotopic (exact) mass is 367 g/mol. The summed E-state index contributed by atoms with van der Waals surface area (Å²) in [7, 11) is 0. The molecule has 2 aromatic rings. The number of carbonyl (C=O) groups excluding carboxylic acids is 1. The van der Waals surface area contributed by atoms with Crippen molar-refractivity contribution in [3.63, 3.8) is 0 Å². The van der Waals surface area contributed by atoms with Crippen molar-refractivity contribution in [3.05, 3.63) is 70.8 Å². The fourth-order valence-corrected chi connectivity index (χ4v) is 2.06. The molecule has 118 valence electrons. The van der Waals surface area contributed by atoms with Crippen LogP contribution in [0.15, 0.2) is 59.6 Å². The van der Waals surface area contributed by atoms with Crippen LogP contribution in [0, 0.1) is 0 Å². The first-order valence-corrected chi connectivity index (χ1v) is 7.36. The Morgan fingerprint density at radius 1 is 1.17 bits per heavy atom. The van der Waals surface area contributed by atoms with E-state index in [2.05, 4.69) is 4.99 Å². The second kappa shape index (κ2) is 10.8. The first kappa shape index (κ1) is 21.1. The minimum Gasteiger partial charge on any atom is -0.548 e. The molecule has 0 heterocycles. The van der Waals surface area contributed by atoms with Gasteiger partial charge in [0.25, 0.3) is 0 Å². The summed E-state index contributed by atoms with van der Waals surface area (Å²) in [5, 5.41) is 21.0. The number of allylic oxidation sites excluding steroid dienone is 1. The molecule has 2 rings (SSSR count). The number of carboxylic acid groups (broad SMARTS) is 1. The van der Waals surface area contributed by atoms with Gasteiger partial charge in [-0.1, -0.05) is 41.9 Å². The standard InChI is InChI=1S/C18H16ClNO3.K/c19-15-7-3-13(4-8-15)2-1-11-20-17(18(22)23)12-14-5-9-16(21)10-6-14;/h1-11,17,21H,12H2,(H,22,23);/q;+1/p-1/b2-1+,20-11?;/t17-;/m0./s1. The zero-order chi connectivity index (χ0) is 16.7. The number of aromatic hydroxyl groups is 1. The molecule has 1 atom stereocenters. The van der Waals surface area contributed by atoms with Gasteiger partial charge in [0.1, 0.15) is 5.75 Å². The minimum absolute atomic E-state index is 0. The summed E-state index contributed by atoms with van der Waals surface area (Å²) < 4.78 is 0. The molecule has 0 aromatic heterocycles. The molecule has 0 amide bonds. The van der Waals surface area contributed by atoms with E-state index in [9.17, 15) is 15.0 Å². The number of phenolic OH excluding ortho intramolecular Hbond substituents is 1. The van der Waals surface area contributed by atoms with E-state index in [0.717, 1.165) is 11.1 Å². The van der Waals surface area contributed by atoms with Crippen LogP contribution in [-0.4, -0.2) is 23.3 Å². The van der Waals surface area contributed by atoms with E-state index in [1.807, 2.05) is 12.1 Å². The van der Waals surface area contributed by atoms with E-state index in [4.69, 9.17) is 11.6 Å². The normalized spacial score (nSPS) is 12.2. The summed E-state index contributed by atoms with van der Waals surface area (Å²) in [6.07, 6.45) is 5.10. The smallest absolute Gasteiger partial charge is 0.548 e. The minimum atomic E-state index is -1.24. The van der Waals surface area contributed by atoms with Crippen molar-refractivity contribution in [1.82, 2.24) is 0 Å².